The highest BCUT2D eigenvalue weighted by atomic mass is 32.2. The quantitative estimate of drug-likeness (QED) is 0.344. The Labute approximate surface area is 186 Å². The van der Waals surface area contributed by atoms with Crippen LogP contribution in [-0.4, -0.2) is 24.9 Å². The lowest BCUT2D eigenvalue weighted by Gasteiger charge is -2.19. The lowest BCUT2D eigenvalue weighted by atomic mass is 9.87. The van der Waals surface area contributed by atoms with Crippen molar-refractivity contribution in [2.45, 2.75) is 63.4 Å². The number of hydrogen-bond donors (Lipinski definition) is 0. The van der Waals surface area contributed by atoms with Crippen LogP contribution in [0.2, 0.25) is 0 Å². The first-order chi connectivity index (χ1) is 14.8. The van der Waals surface area contributed by atoms with Gasteiger partial charge in [-0.1, -0.05) is 68.9 Å². The Kier molecular flexibility index (Phi) is 6.00. The zero-order valence-corrected chi connectivity index (χ0v) is 19.3. The van der Waals surface area contributed by atoms with E-state index in [0.717, 1.165) is 28.7 Å². The van der Waals surface area contributed by atoms with Crippen molar-refractivity contribution in [3.8, 4) is 11.4 Å². The summed E-state index contributed by atoms with van der Waals surface area (Å²) >= 11 is 1.54. The van der Waals surface area contributed by atoms with E-state index in [9.17, 15) is 0 Å². The number of benzene rings is 1. The third-order valence-corrected chi connectivity index (χ3v) is 6.12. The second-order valence-electron chi connectivity index (χ2n) is 8.46. The van der Waals surface area contributed by atoms with Crippen LogP contribution in [0.25, 0.3) is 11.4 Å². The molecular weight excluding hydrogens is 410 g/mol. The first kappa shape index (κ1) is 21.4. The normalized spacial score (nSPS) is 12.9. The van der Waals surface area contributed by atoms with Gasteiger partial charge in [-0.2, -0.15) is 4.98 Å². The van der Waals surface area contributed by atoms with Crippen molar-refractivity contribution in [3.63, 3.8) is 0 Å². The topological polar surface area (TPSA) is 82.8 Å². The summed E-state index contributed by atoms with van der Waals surface area (Å²) in [6.45, 7) is 11.2. The molecule has 0 radical (unpaired) electrons. The fourth-order valence-corrected chi connectivity index (χ4v) is 4.07. The zero-order valence-electron chi connectivity index (χ0n) is 18.5. The molecule has 0 N–H and O–H groups in total. The lowest BCUT2D eigenvalue weighted by molar-refractivity contribution is 0.375. The molecule has 3 heterocycles. The molecule has 0 amide bonds. The van der Waals surface area contributed by atoms with Crippen molar-refractivity contribution in [2.24, 2.45) is 0 Å². The molecule has 31 heavy (non-hydrogen) atoms. The highest BCUT2D eigenvalue weighted by Gasteiger charge is 2.22. The van der Waals surface area contributed by atoms with Gasteiger partial charge in [0.05, 0.1) is 18.1 Å². The van der Waals surface area contributed by atoms with Crippen molar-refractivity contribution in [1.82, 2.24) is 24.9 Å². The number of aryl methyl sites for hydroxylation is 1. The number of aromatic nitrogens is 5. The number of furan rings is 1. The maximum Gasteiger partial charge on any atom is 0.239 e. The molecule has 0 bridgehead atoms. The van der Waals surface area contributed by atoms with E-state index in [4.69, 9.17) is 8.94 Å². The van der Waals surface area contributed by atoms with Gasteiger partial charge in [-0.3, -0.25) is 4.57 Å². The minimum absolute atomic E-state index is 0.0523. The van der Waals surface area contributed by atoms with E-state index in [1.165, 1.54) is 5.56 Å². The molecule has 0 aliphatic heterocycles. The zero-order chi connectivity index (χ0) is 22.0. The molecule has 4 rings (SSSR count). The molecule has 7 nitrogen and oxygen atoms in total. The molecule has 3 aromatic heterocycles. The predicted molar refractivity (Wildman–Crippen MR) is 120 cm³/mol. The summed E-state index contributed by atoms with van der Waals surface area (Å²) in [5, 5.41) is 13.7. The number of nitrogens with zero attached hydrogens (tertiary/aromatic N) is 5. The summed E-state index contributed by atoms with van der Waals surface area (Å²) in [6, 6.07) is 12.4. The number of hydrogen-bond acceptors (Lipinski definition) is 7. The molecule has 0 saturated heterocycles. The second-order valence-corrected chi connectivity index (χ2v) is 9.77. The Bertz CT molecular complexity index is 1120. The second kappa shape index (κ2) is 8.70. The summed E-state index contributed by atoms with van der Waals surface area (Å²) in [4.78, 5) is 4.45. The van der Waals surface area contributed by atoms with Crippen molar-refractivity contribution in [1.29, 1.82) is 0 Å². The van der Waals surface area contributed by atoms with E-state index in [1.54, 1.807) is 18.0 Å². The molecule has 0 aliphatic rings. The minimum atomic E-state index is -0.0523. The van der Waals surface area contributed by atoms with Crippen molar-refractivity contribution in [2.75, 3.05) is 0 Å². The first-order valence-electron chi connectivity index (χ1n) is 10.4. The van der Waals surface area contributed by atoms with Crippen LogP contribution in [0.1, 0.15) is 62.9 Å². The van der Waals surface area contributed by atoms with Gasteiger partial charge in [-0.15, -0.1) is 10.2 Å². The Morgan fingerprint density at radius 3 is 2.48 bits per heavy atom. The van der Waals surface area contributed by atoms with E-state index in [1.807, 2.05) is 26.0 Å². The molecule has 0 fully saturated rings. The molecule has 0 spiro atoms. The lowest BCUT2D eigenvalue weighted by Crippen LogP contribution is -2.10. The molecule has 4 aromatic rings. The van der Waals surface area contributed by atoms with Gasteiger partial charge in [0, 0.05) is 12.0 Å². The van der Waals surface area contributed by atoms with E-state index >= 15 is 0 Å². The molecule has 162 valence electrons. The Hall–Kier alpha value is -2.87. The van der Waals surface area contributed by atoms with Gasteiger partial charge in [0.25, 0.3) is 0 Å². The van der Waals surface area contributed by atoms with E-state index in [2.05, 4.69) is 69.9 Å². The molecule has 8 heteroatoms. The standard InChI is InChI=1S/C23H27N5O2S/c1-6-19-24-21(30-27-19)15(2)31-22-26-25-20(28(22)14-18-8-7-13-29-18)16-9-11-17(12-10-16)23(3,4)5/h7-13,15H,6,14H2,1-5H3. The van der Waals surface area contributed by atoms with Crippen molar-refractivity contribution >= 4 is 11.8 Å². The molecular formula is C23H27N5O2S. The summed E-state index contributed by atoms with van der Waals surface area (Å²) in [5.41, 5.74) is 2.38. The van der Waals surface area contributed by atoms with Crippen LogP contribution in [0.15, 0.2) is 56.8 Å². The maximum atomic E-state index is 5.60. The average molecular weight is 438 g/mol. The predicted octanol–water partition coefficient (Wildman–Crippen LogP) is 5.68. The van der Waals surface area contributed by atoms with Crippen molar-refractivity contribution in [3.05, 3.63) is 65.7 Å². The smallest absolute Gasteiger partial charge is 0.239 e. The number of rotatable bonds is 7. The Balaban J connectivity index is 1.66. The minimum Gasteiger partial charge on any atom is -0.467 e. The Morgan fingerprint density at radius 1 is 1.10 bits per heavy atom. The van der Waals surface area contributed by atoms with Crippen LogP contribution in [0.3, 0.4) is 0 Å². The summed E-state index contributed by atoms with van der Waals surface area (Å²) in [5.74, 6) is 2.93. The summed E-state index contributed by atoms with van der Waals surface area (Å²) in [6.07, 6.45) is 2.42. The van der Waals surface area contributed by atoms with Crippen LogP contribution in [-0.2, 0) is 18.4 Å². The van der Waals surface area contributed by atoms with Crippen LogP contribution >= 0.6 is 11.8 Å². The largest absolute Gasteiger partial charge is 0.467 e. The highest BCUT2D eigenvalue weighted by molar-refractivity contribution is 7.99. The van der Waals surface area contributed by atoms with Gasteiger partial charge in [0.15, 0.2) is 16.8 Å². The molecule has 0 saturated carbocycles. The van der Waals surface area contributed by atoms with E-state index in [0.29, 0.717) is 18.3 Å². The van der Waals surface area contributed by atoms with Crippen LogP contribution in [0.5, 0.6) is 0 Å². The van der Waals surface area contributed by atoms with E-state index < -0.39 is 0 Å². The third-order valence-electron chi connectivity index (χ3n) is 5.05. The fourth-order valence-electron chi connectivity index (χ4n) is 3.19. The molecule has 1 atom stereocenters. The maximum absolute atomic E-state index is 5.60. The summed E-state index contributed by atoms with van der Waals surface area (Å²) in [7, 11) is 0. The van der Waals surface area contributed by atoms with Gasteiger partial charge in [0.1, 0.15) is 5.76 Å². The number of thioether (sulfide) groups is 1. The fraction of sp³-hybridized carbons (Fsp3) is 0.391. The van der Waals surface area contributed by atoms with Gasteiger partial charge < -0.3 is 8.94 Å². The Morgan fingerprint density at radius 2 is 1.87 bits per heavy atom. The summed E-state index contributed by atoms with van der Waals surface area (Å²) < 4.78 is 13.1. The highest BCUT2D eigenvalue weighted by Crippen LogP contribution is 2.35. The van der Waals surface area contributed by atoms with Crippen LogP contribution in [0, 0.1) is 0 Å². The third kappa shape index (κ3) is 4.74. The molecule has 1 aromatic carbocycles. The monoisotopic (exact) mass is 437 g/mol. The molecule has 1 unspecified atom stereocenters. The average Bonchev–Trinajstić information content (AvgIpc) is 3.49. The van der Waals surface area contributed by atoms with Crippen LogP contribution in [0.4, 0.5) is 0 Å². The van der Waals surface area contributed by atoms with E-state index in [-0.39, 0.29) is 10.7 Å². The first-order valence-corrected chi connectivity index (χ1v) is 11.3. The molecule has 0 aliphatic carbocycles. The van der Waals surface area contributed by atoms with Gasteiger partial charge in [-0.25, -0.2) is 0 Å². The van der Waals surface area contributed by atoms with Gasteiger partial charge >= 0.3 is 0 Å². The van der Waals surface area contributed by atoms with Crippen molar-refractivity contribution < 1.29 is 8.94 Å². The van der Waals surface area contributed by atoms with Gasteiger partial charge in [-0.05, 0) is 30.0 Å². The van der Waals surface area contributed by atoms with Crippen LogP contribution < -0.4 is 0 Å². The van der Waals surface area contributed by atoms with Gasteiger partial charge in [0.2, 0.25) is 5.89 Å². The SMILES string of the molecule is CCc1noc(C(C)Sc2nnc(-c3ccc(C(C)(C)C)cc3)n2Cc2ccco2)n1.